The van der Waals surface area contributed by atoms with Gasteiger partial charge in [-0.25, -0.2) is 14.5 Å². The van der Waals surface area contributed by atoms with Crippen LogP contribution in [0.3, 0.4) is 0 Å². The molecule has 2 heterocycles. The van der Waals surface area contributed by atoms with Crippen molar-refractivity contribution in [1.82, 2.24) is 14.2 Å². The fourth-order valence-electron chi connectivity index (χ4n) is 2.21. The molecule has 1 fully saturated rings. The molecular formula is C10H17FN4O2S2. The van der Waals surface area contributed by atoms with Gasteiger partial charge in [0, 0.05) is 37.8 Å². The Morgan fingerprint density at radius 3 is 3.00 bits per heavy atom. The molecular weight excluding hydrogens is 291 g/mol. The lowest BCUT2D eigenvalue weighted by Crippen LogP contribution is -2.43. The summed E-state index contributed by atoms with van der Waals surface area (Å²) in [6, 6.07) is -0.165. The van der Waals surface area contributed by atoms with Crippen molar-refractivity contribution in [2.75, 3.05) is 20.1 Å². The first-order valence-corrected chi connectivity index (χ1v) is 8.25. The maximum atomic E-state index is 13.5. The molecule has 0 unspecified atom stereocenters. The summed E-state index contributed by atoms with van der Waals surface area (Å²) in [7, 11) is -2.32. The number of nitrogens with zero attached hydrogens (tertiary/aromatic N) is 3. The highest BCUT2D eigenvalue weighted by atomic mass is 32.2. The van der Waals surface area contributed by atoms with Gasteiger partial charge in [-0.3, -0.25) is 4.90 Å². The average molecular weight is 308 g/mol. The van der Waals surface area contributed by atoms with Crippen molar-refractivity contribution in [3.05, 3.63) is 16.6 Å². The van der Waals surface area contributed by atoms with Gasteiger partial charge in [-0.05, 0) is 6.42 Å². The van der Waals surface area contributed by atoms with Gasteiger partial charge in [-0.15, -0.1) is 11.3 Å². The third kappa shape index (κ3) is 3.93. The van der Waals surface area contributed by atoms with Gasteiger partial charge >= 0.3 is 0 Å². The van der Waals surface area contributed by atoms with Gasteiger partial charge in [0.15, 0.2) is 0 Å². The Balaban J connectivity index is 2.01. The van der Waals surface area contributed by atoms with Crippen LogP contribution in [0.5, 0.6) is 0 Å². The van der Waals surface area contributed by atoms with Crippen LogP contribution < -0.4 is 5.14 Å². The monoisotopic (exact) mass is 308 g/mol. The zero-order valence-corrected chi connectivity index (χ0v) is 12.2. The van der Waals surface area contributed by atoms with Crippen LogP contribution in [0.4, 0.5) is 4.39 Å². The van der Waals surface area contributed by atoms with E-state index in [1.54, 1.807) is 6.20 Å². The zero-order chi connectivity index (χ0) is 14.0. The standard InChI is InChI=1S/C10H17FN4O2S2/c1-14(19(12,16)17)6-9-4-8(11)5-15(9)7-10-13-2-3-18-10/h2-3,8-9H,4-7H2,1H3,(H2,12,16,17)/t8-,9-/m0/s1. The number of likely N-dealkylation sites (tertiary alicyclic amines) is 1. The molecule has 1 aliphatic rings. The highest BCUT2D eigenvalue weighted by molar-refractivity contribution is 7.86. The van der Waals surface area contributed by atoms with Crippen LogP contribution in [-0.2, 0) is 16.8 Å². The zero-order valence-electron chi connectivity index (χ0n) is 10.6. The summed E-state index contributed by atoms with van der Waals surface area (Å²) >= 11 is 1.51. The van der Waals surface area contributed by atoms with Crippen molar-refractivity contribution in [1.29, 1.82) is 0 Å². The SMILES string of the molecule is CN(C[C@@H]1C[C@H](F)CN1Cc1nccs1)S(N)(=O)=O. The Hall–Kier alpha value is -0.610. The summed E-state index contributed by atoms with van der Waals surface area (Å²) in [5.74, 6) is 0. The lowest BCUT2D eigenvalue weighted by Gasteiger charge is -2.26. The van der Waals surface area contributed by atoms with Gasteiger partial charge in [0.05, 0.1) is 6.54 Å². The molecule has 2 atom stereocenters. The second-order valence-corrected chi connectivity index (χ2v) is 7.30. The molecule has 0 bridgehead atoms. The average Bonchev–Trinajstić information content (AvgIpc) is 2.89. The minimum Gasteiger partial charge on any atom is -0.289 e. The molecule has 1 saturated heterocycles. The van der Waals surface area contributed by atoms with Crippen molar-refractivity contribution in [2.45, 2.75) is 25.2 Å². The fraction of sp³-hybridized carbons (Fsp3) is 0.700. The molecule has 2 rings (SSSR count). The summed E-state index contributed by atoms with van der Waals surface area (Å²) in [4.78, 5) is 6.09. The third-order valence-electron chi connectivity index (χ3n) is 3.20. The molecule has 0 aromatic carbocycles. The quantitative estimate of drug-likeness (QED) is 0.842. The first-order valence-electron chi connectivity index (χ1n) is 5.87. The molecule has 0 spiro atoms. The van der Waals surface area contributed by atoms with E-state index in [9.17, 15) is 12.8 Å². The Labute approximate surface area is 116 Å². The van der Waals surface area contributed by atoms with E-state index >= 15 is 0 Å². The van der Waals surface area contributed by atoms with Gasteiger partial charge < -0.3 is 0 Å². The Morgan fingerprint density at radius 2 is 2.42 bits per heavy atom. The van der Waals surface area contributed by atoms with E-state index in [0.29, 0.717) is 19.5 Å². The number of aromatic nitrogens is 1. The van der Waals surface area contributed by atoms with E-state index in [-0.39, 0.29) is 12.6 Å². The molecule has 2 N–H and O–H groups in total. The molecule has 0 saturated carbocycles. The third-order valence-corrected chi connectivity index (χ3v) is 4.98. The molecule has 108 valence electrons. The summed E-state index contributed by atoms with van der Waals surface area (Å²) in [6.07, 6.45) is 1.10. The first kappa shape index (κ1) is 14.8. The van der Waals surface area contributed by atoms with Crippen molar-refractivity contribution in [3.8, 4) is 0 Å². The summed E-state index contributed by atoms with van der Waals surface area (Å²) in [5, 5.41) is 7.81. The second-order valence-electron chi connectivity index (χ2n) is 4.67. The van der Waals surface area contributed by atoms with Crippen molar-refractivity contribution in [3.63, 3.8) is 0 Å². The summed E-state index contributed by atoms with van der Waals surface area (Å²) < 4.78 is 37.0. The van der Waals surface area contributed by atoms with Gasteiger partial charge in [-0.2, -0.15) is 12.7 Å². The van der Waals surface area contributed by atoms with Crippen LogP contribution in [0.2, 0.25) is 0 Å². The number of likely N-dealkylation sites (N-methyl/N-ethyl adjacent to an activating group) is 1. The smallest absolute Gasteiger partial charge is 0.276 e. The van der Waals surface area contributed by atoms with Gasteiger partial charge in [0.1, 0.15) is 11.2 Å². The van der Waals surface area contributed by atoms with Crippen molar-refractivity contribution >= 4 is 21.5 Å². The minimum atomic E-state index is -3.72. The molecule has 0 radical (unpaired) electrons. The molecule has 19 heavy (non-hydrogen) atoms. The Kier molecular flexibility index (Phi) is 4.51. The number of nitrogens with two attached hydrogens (primary N) is 1. The minimum absolute atomic E-state index is 0.165. The summed E-state index contributed by atoms with van der Waals surface area (Å²) in [6.45, 7) is 1.05. The van der Waals surface area contributed by atoms with Crippen molar-refractivity contribution in [2.24, 2.45) is 5.14 Å². The Bertz CT molecular complexity index is 508. The van der Waals surface area contributed by atoms with E-state index in [1.807, 2.05) is 10.3 Å². The molecule has 6 nitrogen and oxygen atoms in total. The Morgan fingerprint density at radius 1 is 1.68 bits per heavy atom. The molecule has 0 amide bonds. The number of hydrogen-bond donors (Lipinski definition) is 1. The first-order chi connectivity index (χ1) is 8.86. The molecule has 0 aliphatic carbocycles. The largest absolute Gasteiger partial charge is 0.289 e. The fourth-order valence-corrected chi connectivity index (χ4v) is 3.23. The van der Waals surface area contributed by atoms with Crippen LogP contribution in [0, 0.1) is 0 Å². The maximum absolute atomic E-state index is 13.5. The normalized spacial score (nSPS) is 25.3. The van der Waals surface area contributed by atoms with Gasteiger partial charge in [-0.1, -0.05) is 0 Å². The second kappa shape index (κ2) is 5.80. The predicted molar refractivity (Wildman–Crippen MR) is 71.6 cm³/mol. The van der Waals surface area contributed by atoms with E-state index in [2.05, 4.69) is 4.98 Å². The van der Waals surface area contributed by atoms with Gasteiger partial charge in [0.2, 0.25) is 0 Å². The van der Waals surface area contributed by atoms with Crippen LogP contribution >= 0.6 is 11.3 Å². The topological polar surface area (TPSA) is 79.5 Å². The van der Waals surface area contributed by atoms with Crippen LogP contribution in [0.1, 0.15) is 11.4 Å². The number of thiazole rings is 1. The molecule has 9 heteroatoms. The highest BCUT2D eigenvalue weighted by Gasteiger charge is 2.34. The van der Waals surface area contributed by atoms with Gasteiger partial charge in [0.25, 0.3) is 10.2 Å². The number of alkyl halides is 1. The van der Waals surface area contributed by atoms with E-state index in [4.69, 9.17) is 5.14 Å². The lowest BCUT2D eigenvalue weighted by atomic mass is 10.2. The maximum Gasteiger partial charge on any atom is 0.276 e. The highest BCUT2D eigenvalue weighted by Crippen LogP contribution is 2.24. The molecule has 1 aromatic rings. The predicted octanol–water partition coefficient (Wildman–Crippen LogP) is 0.191. The van der Waals surface area contributed by atoms with Crippen LogP contribution in [-0.4, -0.2) is 55.0 Å². The molecule has 1 aliphatic heterocycles. The van der Waals surface area contributed by atoms with E-state index < -0.39 is 16.4 Å². The van der Waals surface area contributed by atoms with Crippen molar-refractivity contribution < 1.29 is 12.8 Å². The van der Waals surface area contributed by atoms with Crippen LogP contribution in [0.15, 0.2) is 11.6 Å². The van der Waals surface area contributed by atoms with E-state index in [1.165, 1.54) is 18.4 Å². The summed E-state index contributed by atoms with van der Waals surface area (Å²) in [5.41, 5.74) is 0. The lowest BCUT2D eigenvalue weighted by molar-refractivity contribution is 0.214. The number of hydrogen-bond acceptors (Lipinski definition) is 5. The van der Waals surface area contributed by atoms with Crippen LogP contribution in [0.25, 0.3) is 0 Å². The molecule has 1 aromatic heterocycles. The number of halogens is 1. The van der Waals surface area contributed by atoms with E-state index in [0.717, 1.165) is 9.31 Å². The number of rotatable bonds is 5.